The maximum absolute atomic E-state index is 11.4. The second kappa shape index (κ2) is 13.8. The van der Waals surface area contributed by atoms with Gasteiger partial charge in [0.05, 0.1) is 61.1 Å². The number of hydrogen-bond donors (Lipinski definition) is 0. The zero-order chi connectivity index (χ0) is 42.6. The van der Waals surface area contributed by atoms with E-state index in [9.17, 15) is 10.5 Å². The maximum atomic E-state index is 11.4. The van der Waals surface area contributed by atoms with Crippen molar-refractivity contribution in [3.63, 3.8) is 0 Å². The molecule has 0 radical (unpaired) electrons. The summed E-state index contributed by atoms with van der Waals surface area (Å²) < 4.78 is 9.19. The fourth-order valence-corrected chi connectivity index (χ4v) is 11.2. The Morgan fingerprint density at radius 1 is 0.547 bits per heavy atom. The zero-order valence-electron chi connectivity index (χ0n) is 34.5. The molecule has 6 nitrogen and oxygen atoms in total. The molecule has 298 valence electrons. The van der Waals surface area contributed by atoms with Gasteiger partial charge in [-0.25, -0.2) is 0 Å². The van der Waals surface area contributed by atoms with Crippen LogP contribution in [0, 0.1) is 34.5 Å². The predicted octanol–water partition coefficient (Wildman–Crippen LogP) is 13.6. The third kappa shape index (κ3) is 4.99. The number of para-hydroxylation sites is 4. The summed E-state index contributed by atoms with van der Waals surface area (Å²) in [5.41, 5.74) is 15.0. The molecular formula is C57H35N6P. The molecule has 1 unspecified atom stereocenters. The Balaban J connectivity index is 1.22. The van der Waals surface area contributed by atoms with Gasteiger partial charge in [-0.15, -0.1) is 0 Å². The molecule has 4 aromatic heterocycles. The van der Waals surface area contributed by atoms with E-state index in [4.69, 9.17) is 0 Å². The van der Waals surface area contributed by atoms with Crippen LogP contribution in [0.3, 0.4) is 0 Å². The summed E-state index contributed by atoms with van der Waals surface area (Å²) in [5.74, 6) is 6.59. The quantitative estimate of drug-likeness (QED) is 0.131. The Hall–Kier alpha value is -8.33. The first-order valence-corrected chi connectivity index (χ1v) is 22.0. The van der Waals surface area contributed by atoms with Crippen LogP contribution >= 0.6 is 9.39 Å². The summed E-state index contributed by atoms with van der Waals surface area (Å²) in [7, 11) is 2.92. The molecule has 7 aromatic carbocycles. The van der Waals surface area contributed by atoms with Crippen LogP contribution in [-0.2, 0) is 6.42 Å². The molecule has 1 atom stereocenters. The highest BCUT2D eigenvalue weighted by molar-refractivity contribution is 7.15. The molecule has 0 N–H and O–H groups in total. The molecule has 0 saturated carbocycles. The van der Waals surface area contributed by atoms with Crippen molar-refractivity contribution < 1.29 is 0 Å². The first-order chi connectivity index (χ1) is 31.6. The monoisotopic (exact) mass is 834 g/mol. The van der Waals surface area contributed by atoms with Gasteiger partial charge in [-0.1, -0.05) is 109 Å². The number of rotatable bonds is 4. The molecule has 2 aliphatic rings. The number of aromatic nitrogens is 4. The van der Waals surface area contributed by atoms with E-state index >= 15 is 0 Å². The Morgan fingerprint density at radius 2 is 1.11 bits per heavy atom. The number of allylic oxidation sites excluding steroid dienone is 5. The summed E-state index contributed by atoms with van der Waals surface area (Å²) >= 11 is 0. The van der Waals surface area contributed by atoms with E-state index in [0.29, 0.717) is 17.5 Å². The van der Waals surface area contributed by atoms with E-state index in [-0.39, 0.29) is 0 Å². The summed E-state index contributed by atoms with van der Waals surface area (Å²) in [6.07, 6.45) is 12.6. The molecule has 0 aliphatic heterocycles. The van der Waals surface area contributed by atoms with Crippen LogP contribution in [0.2, 0.25) is 0 Å². The predicted molar refractivity (Wildman–Crippen MR) is 266 cm³/mol. The average Bonchev–Trinajstić information content (AvgIpc) is 3.96. The molecule has 0 bridgehead atoms. The van der Waals surface area contributed by atoms with Crippen molar-refractivity contribution in [3.8, 4) is 41.0 Å². The lowest BCUT2D eigenvalue weighted by Gasteiger charge is -2.24. The molecule has 11 aromatic rings. The summed E-state index contributed by atoms with van der Waals surface area (Å²) in [6.45, 7) is 0. The molecule has 7 heteroatoms. The maximum Gasteiger partial charge on any atom is 0.101 e. The molecule has 0 saturated heterocycles. The Bertz CT molecular complexity index is 4140. The SMILES string of the molecule is N#Cc1cc(C#N)c(-n2c3ccccc3c3cc4c(cc32)c2ccccc2n4-c2ccccc2)c(C2=CC=CC#CC2)c1-n1c2c(c3cc4c(cc31)c1ccccc1n4P)C=CCC2. The van der Waals surface area contributed by atoms with E-state index < -0.39 is 0 Å². The molecular weight excluding hydrogens is 800 g/mol. The van der Waals surface area contributed by atoms with Crippen molar-refractivity contribution in [1.29, 1.82) is 10.5 Å². The van der Waals surface area contributed by atoms with Gasteiger partial charge < -0.3 is 18.0 Å². The van der Waals surface area contributed by atoms with Crippen molar-refractivity contribution >= 4 is 97.4 Å². The third-order valence-corrected chi connectivity index (χ3v) is 13.9. The van der Waals surface area contributed by atoms with Crippen molar-refractivity contribution in [2.75, 3.05) is 0 Å². The highest BCUT2D eigenvalue weighted by atomic mass is 31.0. The topological polar surface area (TPSA) is 67.3 Å². The van der Waals surface area contributed by atoms with Crippen LogP contribution in [0.25, 0.3) is 105 Å². The number of hydrogen-bond acceptors (Lipinski definition) is 2. The van der Waals surface area contributed by atoms with Crippen LogP contribution < -0.4 is 0 Å². The van der Waals surface area contributed by atoms with Gasteiger partial charge in [0.25, 0.3) is 0 Å². The zero-order valence-corrected chi connectivity index (χ0v) is 35.6. The highest BCUT2D eigenvalue weighted by Crippen LogP contribution is 2.47. The van der Waals surface area contributed by atoms with Crippen molar-refractivity contribution in [1.82, 2.24) is 18.0 Å². The Morgan fingerprint density at radius 3 is 1.81 bits per heavy atom. The van der Waals surface area contributed by atoms with Crippen molar-refractivity contribution in [2.45, 2.75) is 19.3 Å². The number of nitrogens with zero attached hydrogens (tertiary/aromatic N) is 6. The van der Waals surface area contributed by atoms with E-state index in [0.717, 1.165) is 129 Å². The molecule has 0 amide bonds. The number of benzene rings is 7. The molecule has 0 fully saturated rings. The van der Waals surface area contributed by atoms with E-state index in [1.54, 1.807) is 0 Å². The number of fused-ring (bicyclic) bond motifs is 12. The second-order valence-corrected chi connectivity index (χ2v) is 17.2. The first kappa shape index (κ1) is 36.3. The van der Waals surface area contributed by atoms with Gasteiger partial charge in [0, 0.05) is 66.6 Å². The van der Waals surface area contributed by atoms with E-state index in [2.05, 4.69) is 197 Å². The molecule has 13 rings (SSSR count). The highest BCUT2D eigenvalue weighted by Gasteiger charge is 2.31. The number of nitriles is 2. The lowest BCUT2D eigenvalue weighted by molar-refractivity contribution is 0.884. The van der Waals surface area contributed by atoms with Crippen LogP contribution in [0.1, 0.15) is 40.8 Å². The third-order valence-electron chi connectivity index (χ3n) is 13.4. The molecule has 4 heterocycles. The van der Waals surface area contributed by atoms with Gasteiger partial charge in [-0.2, -0.15) is 10.5 Å². The van der Waals surface area contributed by atoms with Crippen LogP contribution in [0.4, 0.5) is 0 Å². The standard InChI is InChI=1S/C57H35N6P/c58-33-36-28-37(34-59)57(62-49-26-14-10-22-41(49)45-32-54-46(31-53(45)62)42-23-11-15-27-50(42)63(54)64)55(35-16-4-1-2-5-17-35)56(36)61-48-25-13-9-21-40(48)44-29-51-43(30-52(44)61)39-20-8-12-24-47(39)60(51)38-18-6-3-7-19-38/h1,3-4,6-13,15-16,18-25,27-32H,14,17,26,64H2. The fraction of sp³-hybridized carbons (Fsp3) is 0.0526. The van der Waals surface area contributed by atoms with Gasteiger partial charge in [0.2, 0.25) is 0 Å². The minimum Gasteiger partial charge on any atom is -0.325 e. The summed E-state index contributed by atoms with van der Waals surface area (Å²) in [6, 6.07) is 52.4. The van der Waals surface area contributed by atoms with E-state index in [1.807, 2.05) is 18.2 Å². The molecule has 64 heavy (non-hydrogen) atoms. The van der Waals surface area contributed by atoms with Gasteiger partial charge in [0.15, 0.2) is 0 Å². The Kier molecular flexibility index (Phi) is 7.86. The van der Waals surface area contributed by atoms with Gasteiger partial charge in [-0.3, -0.25) is 0 Å². The van der Waals surface area contributed by atoms with Crippen molar-refractivity contribution in [3.05, 3.63) is 186 Å². The second-order valence-electron chi connectivity index (χ2n) is 16.7. The minimum absolute atomic E-state index is 0.422. The average molecular weight is 835 g/mol. The normalized spacial score (nSPS) is 13.5. The van der Waals surface area contributed by atoms with Gasteiger partial charge >= 0.3 is 0 Å². The van der Waals surface area contributed by atoms with Gasteiger partial charge in [-0.05, 0) is 94.5 Å². The van der Waals surface area contributed by atoms with Crippen LogP contribution in [-0.4, -0.2) is 18.0 Å². The van der Waals surface area contributed by atoms with E-state index in [1.165, 1.54) is 0 Å². The van der Waals surface area contributed by atoms with Gasteiger partial charge in [0.1, 0.15) is 12.1 Å². The lowest BCUT2D eigenvalue weighted by Crippen LogP contribution is -2.13. The largest absolute Gasteiger partial charge is 0.325 e. The van der Waals surface area contributed by atoms with Crippen molar-refractivity contribution in [2.24, 2.45) is 0 Å². The van der Waals surface area contributed by atoms with Crippen LogP contribution in [0.5, 0.6) is 0 Å². The summed E-state index contributed by atoms with van der Waals surface area (Å²) in [5, 5.41) is 30.5. The van der Waals surface area contributed by atoms with Crippen LogP contribution in [0.15, 0.2) is 158 Å². The fourth-order valence-electron chi connectivity index (χ4n) is 10.7. The smallest absolute Gasteiger partial charge is 0.101 e. The molecule has 2 aliphatic carbocycles. The first-order valence-electron chi connectivity index (χ1n) is 21.5. The lowest BCUT2D eigenvalue weighted by atomic mass is 9.91. The Labute approximate surface area is 370 Å². The minimum atomic E-state index is 0.422. The summed E-state index contributed by atoms with van der Waals surface area (Å²) in [4.78, 5) is 0. The molecule has 0 spiro atoms.